The molecule has 10 nitrogen and oxygen atoms in total. The van der Waals surface area contributed by atoms with Crippen molar-refractivity contribution in [1.82, 2.24) is 9.97 Å². The van der Waals surface area contributed by atoms with Crippen molar-refractivity contribution in [2.24, 2.45) is 22.3 Å². The SMILES string of the molecule is N/C=N\Nc1cccc(Nc2nc(N[C@@H]3CCCC[C@@H]3N)ncc2C(N)=O)c1. The molecule has 1 amide bonds. The molecule has 0 saturated heterocycles. The molecule has 1 aliphatic carbocycles. The highest BCUT2D eigenvalue weighted by atomic mass is 16.1. The summed E-state index contributed by atoms with van der Waals surface area (Å²) in [7, 11) is 0. The van der Waals surface area contributed by atoms with Crippen LogP contribution in [0.3, 0.4) is 0 Å². The number of amides is 1. The molecule has 0 spiro atoms. The molecule has 0 bridgehead atoms. The van der Waals surface area contributed by atoms with E-state index in [-0.39, 0.29) is 17.6 Å². The second-order valence-corrected chi connectivity index (χ2v) is 6.62. The Labute approximate surface area is 163 Å². The predicted octanol–water partition coefficient (Wildman–Crippen LogP) is 1.31. The lowest BCUT2D eigenvalue weighted by Gasteiger charge is -2.29. The molecule has 3 rings (SSSR count). The standard InChI is InChI=1S/C18H25N9O/c19-10-23-27-12-5-3-4-11(8-12)24-17-13(16(21)28)9-22-18(26-17)25-15-7-2-1-6-14(15)20/h3-5,8-10,14-15,27H,1-2,6-7,20H2,(H2,19,23)(H2,21,28)(H2,22,24,25,26)/t14-,15+/m0/s1. The van der Waals surface area contributed by atoms with Crippen molar-refractivity contribution in [1.29, 1.82) is 0 Å². The van der Waals surface area contributed by atoms with Crippen LogP contribution >= 0.6 is 0 Å². The molecular weight excluding hydrogens is 358 g/mol. The number of nitrogens with one attached hydrogen (secondary N) is 3. The van der Waals surface area contributed by atoms with Crippen LogP contribution in [-0.4, -0.2) is 34.3 Å². The summed E-state index contributed by atoms with van der Waals surface area (Å²) < 4.78 is 0. The Bertz CT molecular complexity index is 855. The molecule has 0 aliphatic heterocycles. The van der Waals surface area contributed by atoms with Crippen LogP contribution in [0.1, 0.15) is 36.0 Å². The Morgan fingerprint density at radius 3 is 2.79 bits per heavy atom. The van der Waals surface area contributed by atoms with E-state index in [4.69, 9.17) is 17.2 Å². The Morgan fingerprint density at radius 1 is 1.25 bits per heavy atom. The zero-order valence-corrected chi connectivity index (χ0v) is 15.4. The number of primary amides is 1. The second kappa shape index (κ2) is 9.00. The van der Waals surface area contributed by atoms with E-state index in [0.717, 1.165) is 32.0 Å². The average Bonchev–Trinajstić information content (AvgIpc) is 2.68. The fourth-order valence-electron chi connectivity index (χ4n) is 3.15. The Kier molecular flexibility index (Phi) is 6.22. The number of aromatic nitrogens is 2. The van der Waals surface area contributed by atoms with Gasteiger partial charge < -0.3 is 27.8 Å². The third-order valence-corrected chi connectivity index (χ3v) is 4.58. The van der Waals surface area contributed by atoms with E-state index in [0.29, 0.717) is 23.1 Å². The van der Waals surface area contributed by atoms with Gasteiger partial charge in [0.2, 0.25) is 5.95 Å². The highest BCUT2D eigenvalue weighted by Gasteiger charge is 2.23. The number of hydrogen-bond donors (Lipinski definition) is 6. The number of nitrogens with zero attached hydrogens (tertiary/aromatic N) is 3. The summed E-state index contributed by atoms with van der Waals surface area (Å²) in [5, 5.41) is 10.2. The number of nitrogens with two attached hydrogens (primary N) is 3. The van der Waals surface area contributed by atoms with Crippen LogP contribution in [0.2, 0.25) is 0 Å². The molecule has 1 fully saturated rings. The summed E-state index contributed by atoms with van der Waals surface area (Å²) in [4.78, 5) is 20.5. The third-order valence-electron chi connectivity index (χ3n) is 4.58. The van der Waals surface area contributed by atoms with Crippen molar-refractivity contribution in [3.63, 3.8) is 0 Å². The van der Waals surface area contributed by atoms with Crippen molar-refractivity contribution in [2.75, 3.05) is 16.1 Å². The monoisotopic (exact) mass is 383 g/mol. The van der Waals surface area contributed by atoms with E-state index in [9.17, 15) is 4.79 Å². The van der Waals surface area contributed by atoms with Gasteiger partial charge in [-0.25, -0.2) is 4.98 Å². The summed E-state index contributed by atoms with van der Waals surface area (Å²) in [5.41, 5.74) is 21.3. The molecule has 1 heterocycles. The van der Waals surface area contributed by atoms with Gasteiger partial charge in [-0.3, -0.25) is 10.2 Å². The van der Waals surface area contributed by atoms with Gasteiger partial charge in [-0.05, 0) is 31.0 Å². The first-order valence-corrected chi connectivity index (χ1v) is 9.12. The molecule has 0 radical (unpaired) electrons. The summed E-state index contributed by atoms with van der Waals surface area (Å²) in [6, 6.07) is 7.42. The summed E-state index contributed by atoms with van der Waals surface area (Å²) in [5.74, 6) is 0.0937. The lowest BCUT2D eigenvalue weighted by atomic mass is 9.91. The van der Waals surface area contributed by atoms with Gasteiger partial charge in [-0.1, -0.05) is 18.9 Å². The van der Waals surface area contributed by atoms with Gasteiger partial charge >= 0.3 is 0 Å². The Balaban J connectivity index is 1.83. The van der Waals surface area contributed by atoms with Crippen molar-refractivity contribution in [2.45, 2.75) is 37.8 Å². The lowest BCUT2D eigenvalue weighted by molar-refractivity contribution is 0.100. The van der Waals surface area contributed by atoms with E-state index in [1.54, 1.807) is 6.07 Å². The molecule has 1 aromatic heterocycles. The second-order valence-electron chi connectivity index (χ2n) is 6.62. The van der Waals surface area contributed by atoms with Crippen LogP contribution in [0.15, 0.2) is 35.6 Å². The number of hydrogen-bond acceptors (Lipinski definition) is 8. The topological polar surface area (TPSA) is 169 Å². The van der Waals surface area contributed by atoms with E-state index in [2.05, 4.69) is 31.1 Å². The number of anilines is 4. The van der Waals surface area contributed by atoms with Crippen LogP contribution in [0, 0.1) is 0 Å². The number of carbonyl (C=O) groups is 1. The Morgan fingerprint density at radius 2 is 2.04 bits per heavy atom. The van der Waals surface area contributed by atoms with Crippen LogP contribution in [-0.2, 0) is 0 Å². The number of hydrazone groups is 1. The molecule has 2 aromatic rings. The molecule has 1 aliphatic rings. The summed E-state index contributed by atoms with van der Waals surface area (Å²) >= 11 is 0. The van der Waals surface area contributed by atoms with Gasteiger partial charge in [0.15, 0.2) is 0 Å². The highest BCUT2D eigenvalue weighted by Crippen LogP contribution is 2.24. The van der Waals surface area contributed by atoms with Gasteiger partial charge in [0, 0.05) is 24.0 Å². The molecule has 1 aromatic carbocycles. The zero-order chi connectivity index (χ0) is 19.9. The fourth-order valence-corrected chi connectivity index (χ4v) is 3.15. The van der Waals surface area contributed by atoms with Crippen molar-refractivity contribution in [3.8, 4) is 0 Å². The fraction of sp³-hybridized carbons (Fsp3) is 0.333. The van der Waals surface area contributed by atoms with Crippen molar-refractivity contribution < 1.29 is 4.79 Å². The minimum Gasteiger partial charge on any atom is -0.388 e. The summed E-state index contributed by atoms with van der Waals surface area (Å²) in [6.45, 7) is 0. The third kappa shape index (κ3) is 4.86. The minimum absolute atomic E-state index is 0.0513. The van der Waals surface area contributed by atoms with Gasteiger partial charge in [0.25, 0.3) is 5.91 Å². The maximum absolute atomic E-state index is 11.8. The first-order chi connectivity index (χ1) is 13.6. The molecule has 28 heavy (non-hydrogen) atoms. The van der Waals surface area contributed by atoms with Crippen LogP contribution in [0.4, 0.5) is 23.1 Å². The van der Waals surface area contributed by atoms with E-state index < -0.39 is 5.91 Å². The van der Waals surface area contributed by atoms with E-state index >= 15 is 0 Å². The number of rotatable bonds is 7. The normalized spacial score (nSPS) is 19.3. The lowest BCUT2D eigenvalue weighted by Crippen LogP contribution is -2.43. The Hall–Kier alpha value is -3.40. The molecule has 1 saturated carbocycles. The van der Waals surface area contributed by atoms with Crippen LogP contribution in [0.25, 0.3) is 0 Å². The quantitative estimate of drug-likeness (QED) is 0.236. The molecular formula is C18H25N9O. The zero-order valence-electron chi connectivity index (χ0n) is 15.4. The molecule has 10 heteroatoms. The number of carbonyl (C=O) groups excluding carboxylic acids is 1. The summed E-state index contributed by atoms with van der Waals surface area (Å²) in [6.07, 6.45) is 6.74. The van der Waals surface area contributed by atoms with E-state index in [1.165, 1.54) is 6.20 Å². The average molecular weight is 383 g/mol. The van der Waals surface area contributed by atoms with Crippen molar-refractivity contribution >= 4 is 35.4 Å². The molecule has 0 unspecified atom stereocenters. The largest absolute Gasteiger partial charge is 0.388 e. The van der Waals surface area contributed by atoms with Gasteiger partial charge in [0.1, 0.15) is 17.7 Å². The van der Waals surface area contributed by atoms with Gasteiger partial charge in [0.05, 0.1) is 5.69 Å². The minimum atomic E-state index is -0.620. The van der Waals surface area contributed by atoms with Crippen molar-refractivity contribution in [3.05, 3.63) is 36.0 Å². The van der Waals surface area contributed by atoms with E-state index in [1.807, 2.05) is 18.2 Å². The van der Waals surface area contributed by atoms with Gasteiger partial charge in [-0.2, -0.15) is 10.1 Å². The smallest absolute Gasteiger partial charge is 0.254 e. The van der Waals surface area contributed by atoms with Gasteiger partial charge in [-0.15, -0.1) is 0 Å². The maximum atomic E-state index is 11.8. The number of benzene rings is 1. The van der Waals surface area contributed by atoms with Crippen LogP contribution in [0.5, 0.6) is 0 Å². The molecule has 9 N–H and O–H groups in total. The maximum Gasteiger partial charge on any atom is 0.254 e. The van der Waals surface area contributed by atoms with Crippen LogP contribution < -0.4 is 33.3 Å². The molecule has 148 valence electrons. The first kappa shape index (κ1) is 19.4. The predicted molar refractivity (Wildman–Crippen MR) is 110 cm³/mol. The highest BCUT2D eigenvalue weighted by molar-refractivity contribution is 5.98. The first-order valence-electron chi connectivity index (χ1n) is 9.12. The molecule has 2 atom stereocenters.